The number of rotatable bonds is 8. The van der Waals surface area contributed by atoms with E-state index in [0.29, 0.717) is 35.7 Å². The molecule has 4 fully saturated rings. The summed E-state index contributed by atoms with van der Waals surface area (Å²) in [5.41, 5.74) is 1.67. The number of fused-ring (bicyclic) bond motifs is 2. The van der Waals surface area contributed by atoms with Gasteiger partial charge in [0.1, 0.15) is 29.5 Å². The summed E-state index contributed by atoms with van der Waals surface area (Å²) in [6.45, 7) is 3.46. The largest absolute Gasteiger partial charge is 0.507 e. The summed E-state index contributed by atoms with van der Waals surface area (Å²) in [7, 11) is 1.60. The molecule has 5 heterocycles. The number of phenols is 1. The molecular formula is C34H39N5O5. The summed E-state index contributed by atoms with van der Waals surface area (Å²) in [4.78, 5) is 31.0. The van der Waals surface area contributed by atoms with Gasteiger partial charge in [-0.25, -0.2) is 4.68 Å². The molecule has 0 saturated carbocycles. The topological polar surface area (TPSA) is 110 Å². The SMILES string of the molecule is COc1ccc(/C=C/C(=O)c2ccc(OCc3cn([C@H]4CC(=O)N5C[C@@H]6CCCN7CCC[C@@H]([C@H]67)[C@H]5C4)nn3)cc2O)cc1. The molecule has 1 aromatic heterocycles. The summed E-state index contributed by atoms with van der Waals surface area (Å²) < 4.78 is 12.9. The number of carbonyl (C=O) groups is 2. The number of aromatic hydroxyl groups is 1. The van der Waals surface area contributed by atoms with E-state index in [9.17, 15) is 14.7 Å². The van der Waals surface area contributed by atoms with Crippen LogP contribution in [0.4, 0.5) is 0 Å². The van der Waals surface area contributed by atoms with Crippen molar-refractivity contribution in [2.24, 2.45) is 11.8 Å². The van der Waals surface area contributed by atoms with Gasteiger partial charge >= 0.3 is 0 Å². The number of amides is 1. The van der Waals surface area contributed by atoms with Crippen LogP contribution < -0.4 is 9.47 Å². The van der Waals surface area contributed by atoms with E-state index in [4.69, 9.17) is 9.47 Å². The van der Waals surface area contributed by atoms with Crippen LogP contribution in [0.1, 0.15) is 66.2 Å². The number of hydrogen-bond donors (Lipinski definition) is 1. The highest BCUT2D eigenvalue weighted by molar-refractivity contribution is 6.08. The second-order valence-electron chi connectivity index (χ2n) is 12.6. The second kappa shape index (κ2) is 12.1. The van der Waals surface area contributed by atoms with E-state index in [2.05, 4.69) is 20.1 Å². The van der Waals surface area contributed by atoms with Gasteiger partial charge in [-0.2, -0.15) is 0 Å². The maximum absolute atomic E-state index is 13.4. The molecule has 10 heteroatoms. The fraction of sp³-hybridized carbons (Fsp3) is 0.471. The first kappa shape index (κ1) is 28.6. The summed E-state index contributed by atoms with van der Waals surface area (Å²) >= 11 is 0. The van der Waals surface area contributed by atoms with Gasteiger partial charge in [0.05, 0.1) is 24.9 Å². The van der Waals surface area contributed by atoms with Crippen molar-refractivity contribution in [3.63, 3.8) is 0 Å². The molecule has 5 atom stereocenters. The third-order valence-electron chi connectivity index (χ3n) is 10.0. The first-order valence-electron chi connectivity index (χ1n) is 15.7. The summed E-state index contributed by atoms with van der Waals surface area (Å²) in [6, 6.07) is 12.8. The average Bonchev–Trinajstić information content (AvgIpc) is 3.53. The highest BCUT2D eigenvalue weighted by Gasteiger charge is 2.52. The normalized spacial score (nSPS) is 26.7. The van der Waals surface area contributed by atoms with Crippen molar-refractivity contribution in [3.8, 4) is 17.2 Å². The van der Waals surface area contributed by atoms with Crippen LogP contribution in [0.25, 0.3) is 6.08 Å². The van der Waals surface area contributed by atoms with E-state index in [-0.39, 0.29) is 41.7 Å². The van der Waals surface area contributed by atoms with Crippen molar-refractivity contribution in [1.82, 2.24) is 24.8 Å². The number of ether oxygens (including phenoxy) is 2. The van der Waals surface area contributed by atoms with Crippen LogP contribution >= 0.6 is 0 Å². The van der Waals surface area contributed by atoms with Crippen molar-refractivity contribution in [2.45, 2.75) is 63.3 Å². The van der Waals surface area contributed by atoms with Crippen LogP contribution in [0.15, 0.2) is 54.7 Å². The number of piperidine rings is 4. The molecule has 4 aliphatic heterocycles. The van der Waals surface area contributed by atoms with Gasteiger partial charge < -0.3 is 19.5 Å². The molecule has 0 bridgehead atoms. The van der Waals surface area contributed by atoms with Gasteiger partial charge in [-0.05, 0) is 92.9 Å². The highest BCUT2D eigenvalue weighted by Crippen LogP contribution is 2.46. The standard InChI is InChI=1S/C34H39N5O5/c1-43-26-9-6-22(7-10-26)8-13-31(40)29-12-11-27(18-32(29)41)44-21-24-20-39(36-35-24)25-16-30-28-5-3-15-37-14-2-4-23(34(28)37)19-38(30)33(42)17-25/h6-13,18,20,23,25,28,30,34,41H,2-5,14-17,19,21H2,1H3/b13-8+/t23-,25+,28+,30+,34-/m0/s1. The Balaban J connectivity index is 0.970. The number of methoxy groups -OCH3 is 1. The molecule has 4 saturated heterocycles. The number of aromatic nitrogens is 3. The molecule has 0 unspecified atom stereocenters. The Hall–Kier alpha value is -4.18. The van der Waals surface area contributed by atoms with Gasteiger partial charge in [0.15, 0.2) is 5.78 Å². The summed E-state index contributed by atoms with van der Waals surface area (Å²) in [5, 5.41) is 19.2. The van der Waals surface area contributed by atoms with Crippen molar-refractivity contribution < 1.29 is 24.2 Å². The lowest BCUT2D eigenvalue weighted by atomic mass is 9.67. The molecule has 10 nitrogen and oxygen atoms in total. The lowest BCUT2D eigenvalue weighted by molar-refractivity contribution is -0.153. The minimum absolute atomic E-state index is 0.0131. The van der Waals surface area contributed by atoms with Gasteiger partial charge in [0.2, 0.25) is 5.91 Å². The lowest BCUT2D eigenvalue weighted by Crippen LogP contribution is -2.67. The monoisotopic (exact) mass is 597 g/mol. The Morgan fingerprint density at radius 1 is 1.09 bits per heavy atom. The van der Waals surface area contributed by atoms with Crippen molar-refractivity contribution in [1.29, 1.82) is 0 Å². The molecule has 0 aliphatic carbocycles. The van der Waals surface area contributed by atoms with Crippen LogP contribution in [0.5, 0.6) is 17.2 Å². The van der Waals surface area contributed by atoms with E-state index in [1.165, 1.54) is 50.9 Å². The summed E-state index contributed by atoms with van der Waals surface area (Å²) in [5.74, 6) is 2.08. The van der Waals surface area contributed by atoms with Crippen LogP contribution in [-0.4, -0.2) is 80.4 Å². The molecule has 3 aromatic rings. The van der Waals surface area contributed by atoms with Gasteiger partial charge in [-0.15, -0.1) is 5.10 Å². The van der Waals surface area contributed by atoms with Gasteiger partial charge in [-0.1, -0.05) is 23.4 Å². The van der Waals surface area contributed by atoms with Gasteiger partial charge in [0, 0.05) is 31.1 Å². The third kappa shape index (κ3) is 5.58. The average molecular weight is 598 g/mol. The van der Waals surface area contributed by atoms with E-state index in [0.717, 1.165) is 24.3 Å². The molecule has 0 spiro atoms. The predicted molar refractivity (Wildman–Crippen MR) is 163 cm³/mol. The zero-order valence-corrected chi connectivity index (χ0v) is 25.0. The number of hydrogen-bond acceptors (Lipinski definition) is 8. The Morgan fingerprint density at radius 3 is 2.68 bits per heavy atom. The molecule has 1 amide bonds. The maximum Gasteiger partial charge on any atom is 0.224 e. The van der Waals surface area contributed by atoms with E-state index in [1.54, 1.807) is 25.3 Å². The highest BCUT2D eigenvalue weighted by atomic mass is 16.5. The zero-order chi connectivity index (χ0) is 30.2. The number of benzene rings is 2. The van der Waals surface area contributed by atoms with Gasteiger partial charge in [0.25, 0.3) is 0 Å². The molecule has 0 radical (unpaired) electrons. The van der Waals surface area contributed by atoms with Crippen LogP contribution in [-0.2, 0) is 11.4 Å². The molecule has 44 heavy (non-hydrogen) atoms. The minimum atomic E-state index is -0.314. The molecular weight excluding hydrogens is 558 g/mol. The Labute approximate surface area is 257 Å². The smallest absolute Gasteiger partial charge is 0.224 e. The fourth-order valence-corrected chi connectivity index (χ4v) is 7.97. The Kier molecular flexibility index (Phi) is 7.84. The van der Waals surface area contributed by atoms with Crippen molar-refractivity contribution in [3.05, 3.63) is 71.6 Å². The number of carbonyl (C=O) groups excluding carboxylic acids is 2. The van der Waals surface area contributed by atoms with E-state index < -0.39 is 0 Å². The maximum atomic E-state index is 13.4. The van der Waals surface area contributed by atoms with Crippen molar-refractivity contribution >= 4 is 17.8 Å². The molecule has 230 valence electrons. The molecule has 2 aromatic carbocycles. The van der Waals surface area contributed by atoms with Crippen LogP contribution in [0, 0.1) is 11.8 Å². The number of phenolic OH excluding ortho intramolecular Hbond substituents is 1. The number of nitrogens with zero attached hydrogens (tertiary/aromatic N) is 5. The molecule has 1 N–H and O–H groups in total. The zero-order valence-electron chi connectivity index (χ0n) is 25.0. The van der Waals surface area contributed by atoms with Crippen LogP contribution in [0.3, 0.4) is 0 Å². The molecule has 4 aliphatic rings. The predicted octanol–water partition coefficient (Wildman–Crippen LogP) is 4.50. The second-order valence-corrected chi connectivity index (χ2v) is 12.6. The summed E-state index contributed by atoms with van der Waals surface area (Å²) in [6.07, 6.45) is 11.2. The lowest BCUT2D eigenvalue weighted by Gasteiger charge is -2.59. The van der Waals surface area contributed by atoms with E-state index >= 15 is 0 Å². The van der Waals surface area contributed by atoms with E-state index in [1.807, 2.05) is 35.1 Å². The first-order chi connectivity index (χ1) is 21.5. The Morgan fingerprint density at radius 2 is 1.89 bits per heavy atom. The first-order valence-corrected chi connectivity index (χ1v) is 15.7. The number of ketones is 1. The van der Waals surface area contributed by atoms with Crippen LogP contribution in [0.2, 0.25) is 0 Å². The van der Waals surface area contributed by atoms with Gasteiger partial charge in [-0.3, -0.25) is 14.5 Å². The molecule has 7 rings (SSSR count). The number of allylic oxidation sites excluding steroid dienone is 1. The Bertz CT molecular complexity index is 1550. The quantitative estimate of drug-likeness (QED) is 0.299. The minimum Gasteiger partial charge on any atom is -0.507 e. The third-order valence-corrected chi connectivity index (χ3v) is 10.0. The fourth-order valence-electron chi connectivity index (χ4n) is 7.97. The van der Waals surface area contributed by atoms with Crippen molar-refractivity contribution in [2.75, 3.05) is 26.7 Å².